The topological polar surface area (TPSA) is 41.6 Å². The van der Waals surface area contributed by atoms with Crippen LogP contribution >= 0.6 is 22.6 Å². The number of fused-ring (bicyclic) bond motifs is 1. The minimum Gasteiger partial charge on any atom is -0.320 e. The molecule has 0 aliphatic carbocycles. The quantitative estimate of drug-likeness (QED) is 0.711. The smallest absolute Gasteiger partial charge is 0.175 e. The molecule has 49 valence electrons. The molecule has 0 fully saturated rings. The molecule has 0 spiro atoms. The summed E-state index contributed by atoms with van der Waals surface area (Å²) in [5.74, 6) is 0. The van der Waals surface area contributed by atoms with E-state index in [9.17, 15) is 0 Å². The van der Waals surface area contributed by atoms with Crippen molar-refractivity contribution in [2.45, 2.75) is 0 Å². The van der Waals surface area contributed by atoms with Crippen molar-refractivity contribution in [3.63, 3.8) is 0 Å². The summed E-state index contributed by atoms with van der Waals surface area (Å²) in [6, 6.07) is 1.95. The number of halogens is 1. The van der Waals surface area contributed by atoms with Gasteiger partial charge >= 0.3 is 0 Å². The van der Waals surface area contributed by atoms with Gasteiger partial charge in [0, 0.05) is 9.77 Å². The van der Waals surface area contributed by atoms with Crippen molar-refractivity contribution in [1.82, 2.24) is 15.0 Å². The molecule has 2 aromatic heterocycles. The molecule has 10 heavy (non-hydrogen) atoms. The predicted molar refractivity (Wildman–Crippen MR) is 45.4 cm³/mol. The van der Waals surface area contributed by atoms with Crippen LogP contribution in [-0.4, -0.2) is 15.0 Å². The number of H-pyrrole nitrogens is 1. The molecular weight excluding hydrogens is 241 g/mol. The van der Waals surface area contributed by atoms with Crippen LogP contribution in [0.2, 0.25) is 0 Å². The van der Waals surface area contributed by atoms with Crippen molar-refractivity contribution in [1.29, 1.82) is 0 Å². The van der Waals surface area contributed by atoms with E-state index in [-0.39, 0.29) is 0 Å². The molecule has 2 aromatic rings. The van der Waals surface area contributed by atoms with Crippen LogP contribution in [0.4, 0.5) is 0 Å². The zero-order chi connectivity index (χ0) is 6.97. The van der Waals surface area contributed by atoms with Crippen LogP contribution in [0.15, 0.2) is 12.3 Å². The van der Waals surface area contributed by atoms with E-state index in [1.165, 1.54) is 0 Å². The molecule has 1 N–H and O–H groups in total. The maximum atomic E-state index is 4.08. The molecule has 0 saturated carbocycles. The Kier molecular flexibility index (Phi) is 1.33. The maximum absolute atomic E-state index is 4.08. The molecule has 0 saturated heterocycles. The Labute approximate surface area is 71.0 Å². The lowest BCUT2D eigenvalue weighted by atomic mass is 10.4. The Balaban J connectivity index is 2.86. The van der Waals surface area contributed by atoms with Gasteiger partial charge in [-0.1, -0.05) is 0 Å². The fourth-order valence-electron chi connectivity index (χ4n) is 0.751. The van der Waals surface area contributed by atoms with Crippen molar-refractivity contribution in [2.75, 3.05) is 0 Å². The van der Waals surface area contributed by atoms with Gasteiger partial charge in [-0.2, -0.15) is 0 Å². The first-order valence-corrected chi connectivity index (χ1v) is 3.81. The van der Waals surface area contributed by atoms with Gasteiger partial charge < -0.3 is 4.98 Å². The molecule has 4 heteroatoms. The summed E-state index contributed by atoms with van der Waals surface area (Å²) in [7, 11) is 0. The second-order valence-corrected chi connectivity index (χ2v) is 3.12. The number of nitrogens with one attached hydrogen (secondary N) is 1. The number of hydrogen-bond donors (Lipinski definition) is 1. The van der Waals surface area contributed by atoms with E-state index in [0.29, 0.717) is 0 Å². The molecule has 1 radical (unpaired) electrons. The average Bonchev–Trinajstić information content (AvgIpc) is 2.33. The van der Waals surface area contributed by atoms with Crippen LogP contribution in [-0.2, 0) is 0 Å². The van der Waals surface area contributed by atoms with E-state index in [1.807, 2.05) is 6.07 Å². The van der Waals surface area contributed by atoms with Gasteiger partial charge in [0.15, 0.2) is 12.0 Å². The summed E-state index contributed by atoms with van der Waals surface area (Å²) in [4.78, 5) is 10.8. The maximum Gasteiger partial charge on any atom is 0.175 e. The lowest BCUT2D eigenvalue weighted by molar-refractivity contribution is 1.28. The Morgan fingerprint density at radius 2 is 2.50 bits per heavy atom. The molecule has 0 aliphatic heterocycles. The predicted octanol–water partition coefficient (Wildman–Crippen LogP) is 1.36. The van der Waals surface area contributed by atoms with Gasteiger partial charge in [0.05, 0.1) is 0 Å². The third-order valence-corrected chi connectivity index (χ3v) is 1.77. The summed E-state index contributed by atoms with van der Waals surface area (Å²) in [5.41, 5.74) is 1.66. The summed E-state index contributed by atoms with van der Waals surface area (Å²) in [6.45, 7) is 0. The van der Waals surface area contributed by atoms with E-state index >= 15 is 0 Å². The Morgan fingerprint density at radius 1 is 1.60 bits per heavy atom. The summed E-state index contributed by atoms with van der Waals surface area (Å²) in [6.07, 6.45) is 4.41. The zero-order valence-corrected chi connectivity index (χ0v) is 7.08. The van der Waals surface area contributed by atoms with Crippen molar-refractivity contribution in [2.24, 2.45) is 0 Å². The molecule has 2 rings (SSSR count). The highest BCUT2D eigenvalue weighted by Gasteiger charge is 1.95. The van der Waals surface area contributed by atoms with Gasteiger partial charge in [-0.15, -0.1) is 0 Å². The van der Waals surface area contributed by atoms with Crippen LogP contribution in [0.1, 0.15) is 0 Å². The first-order valence-electron chi connectivity index (χ1n) is 2.73. The van der Waals surface area contributed by atoms with Gasteiger partial charge in [-0.3, -0.25) is 0 Å². The van der Waals surface area contributed by atoms with Gasteiger partial charge in [0.25, 0.3) is 0 Å². The number of aromatic nitrogens is 3. The molecule has 2 heterocycles. The Bertz CT molecular complexity index is 355. The van der Waals surface area contributed by atoms with Crippen LogP contribution < -0.4 is 0 Å². The largest absolute Gasteiger partial charge is 0.320 e. The fourth-order valence-corrected chi connectivity index (χ4v) is 1.19. The monoisotopic (exact) mass is 244 g/mol. The molecule has 0 unspecified atom stereocenters. The molecule has 0 atom stereocenters. The summed E-state index contributed by atoms with van der Waals surface area (Å²) < 4.78 is 1.09. The second kappa shape index (κ2) is 2.19. The average molecular weight is 244 g/mol. The Hall–Kier alpha value is -0.650. The number of imidazole rings is 1. The van der Waals surface area contributed by atoms with Crippen molar-refractivity contribution >= 4 is 33.8 Å². The van der Waals surface area contributed by atoms with Crippen molar-refractivity contribution < 1.29 is 0 Å². The number of pyridine rings is 1. The zero-order valence-electron chi connectivity index (χ0n) is 4.93. The number of rotatable bonds is 0. The van der Waals surface area contributed by atoms with Gasteiger partial charge in [-0.25, -0.2) is 9.97 Å². The van der Waals surface area contributed by atoms with Crippen LogP contribution in [0, 0.1) is 9.90 Å². The normalized spacial score (nSPS) is 10.5. The molecule has 3 nitrogen and oxygen atoms in total. The molecular formula is C6H3IN3. The minimum atomic E-state index is 0.792. The highest BCUT2D eigenvalue weighted by molar-refractivity contribution is 14.1. The lowest BCUT2D eigenvalue weighted by Crippen LogP contribution is -1.77. The highest BCUT2D eigenvalue weighted by Crippen LogP contribution is 2.08. The second-order valence-electron chi connectivity index (χ2n) is 1.87. The number of aromatic amines is 1. The third-order valence-electron chi connectivity index (χ3n) is 1.18. The molecule has 0 aliphatic rings. The van der Waals surface area contributed by atoms with Crippen molar-refractivity contribution in [3.8, 4) is 0 Å². The van der Waals surface area contributed by atoms with Gasteiger partial charge in [0.2, 0.25) is 0 Å². The van der Waals surface area contributed by atoms with E-state index in [1.54, 1.807) is 6.20 Å². The van der Waals surface area contributed by atoms with Gasteiger partial charge in [0.1, 0.15) is 5.52 Å². The van der Waals surface area contributed by atoms with Crippen LogP contribution in [0.25, 0.3) is 11.2 Å². The fraction of sp³-hybridized carbons (Fsp3) is 0. The summed E-state index contributed by atoms with van der Waals surface area (Å²) >= 11 is 2.20. The highest BCUT2D eigenvalue weighted by atomic mass is 127. The third kappa shape index (κ3) is 0.880. The molecule has 0 aromatic carbocycles. The SMILES string of the molecule is Ic1cnc2[nH][c]nc2c1. The number of nitrogens with zero attached hydrogens (tertiary/aromatic N) is 2. The van der Waals surface area contributed by atoms with E-state index in [4.69, 9.17) is 0 Å². The van der Waals surface area contributed by atoms with E-state index in [2.05, 4.69) is 43.9 Å². The lowest BCUT2D eigenvalue weighted by Gasteiger charge is -1.86. The first kappa shape index (κ1) is 6.09. The standard InChI is InChI=1S/C6H3IN3/c7-4-1-5-6(8-2-4)10-3-9-5/h1-2H,(H,8,9,10). The van der Waals surface area contributed by atoms with Crippen LogP contribution in [0.3, 0.4) is 0 Å². The number of hydrogen-bond acceptors (Lipinski definition) is 2. The van der Waals surface area contributed by atoms with Crippen LogP contribution in [0.5, 0.6) is 0 Å². The molecule has 0 amide bonds. The molecule has 0 bridgehead atoms. The van der Waals surface area contributed by atoms with Crippen molar-refractivity contribution in [3.05, 3.63) is 22.2 Å². The van der Waals surface area contributed by atoms with Gasteiger partial charge in [-0.05, 0) is 28.7 Å². The Morgan fingerprint density at radius 3 is 3.40 bits per heavy atom. The minimum absolute atomic E-state index is 0.792. The van der Waals surface area contributed by atoms with E-state index in [0.717, 1.165) is 14.7 Å². The first-order chi connectivity index (χ1) is 4.86. The summed E-state index contributed by atoms with van der Waals surface area (Å²) in [5, 5.41) is 0. The van der Waals surface area contributed by atoms with E-state index < -0.39 is 0 Å².